The van der Waals surface area contributed by atoms with E-state index in [-0.39, 0.29) is 28.6 Å². The van der Waals surface area contributed by atoms with Crippen LogP contribution in [-0.2, 0) is 26.0 Å². The molecule has 9 heteroatoms. The van der Waals surface area contributed by atoms with Gasteiger partial charge in [0.1, 0.15) is 0 Å². The first-order valence-electron chi connectivity index (χ1n) is 10.4. The fraction of sp³-hybridized carbons (Fsp3) is 0.250. The van der Waals surface area contributed by atoms with E-state index in [1.807, 2.05) is 12.1 Å². The number of ether oxygens (including phenoxy) is 1. The number of esters is 1. The fourth-order valence-electron chi connectivity index (χ4n) is 3.58. The lowest BCUT2D eigenvalue weighted by Gasteiger charge is -2.30. The second-order valence-corrected chi connectivity index (χ2v) is 9.67. The third-order valence-corrected chi connectivity index (χ3v) is 7.33. The highest BCUT2D eigenvalue weighted by Crippen LogP contribution is 2.32. The molecule has 0 saturated heterocycles. The van der Waals surface area contributed by atoms with Crippen LogP contribution in [0.3, 0.4) is 0 Å². The standard InChI is InChI=1S/C24H25ClN2O5S/c1-3-13-26(14-4-2)23(28)17-32-24(29)20-16-19(11-12-21(20)25)33(30,31)27-15-7-9-18-8-5-6-10-22(18)27/h3-6,8,10-12,16H,1-2,7,9,13-15,17H2. The van der Waals surface area contributed by atoms with Gasteiger partial charge in [0.2, 0.25) is 0 Å². The Bertz CT molecular complexity index is 1170. The Labute approximate surface area is 199 Å². The van der Waals surface area contributed by atoms with Gasteiger partial charge < -0.3 is 9.64 Å². The average Bonchev–Trinajstić information content (AvgIpc) is 2.82. The summed E-state index contributed by atoms with van der Waals surface area (Å²) in [6.07, 6.45) is 4.58. The second kappa shape index (κ2) is 10.7. The molecule has 2 aromatic carbocycles. The smallest absolute Gasteiger partial charge is 0.340 e. The molecule has 0 spiro atoms. The molecule has 1 aliphatic heterocycles. The summed E-state index contributed by atoms with van der Waals surface area (Å²) in [7, 11) is -3.94. The van der Waals surface area contributed by atoms with Crippen LogP contribution in [0, 0.1) is 0 Å². The molecule has 1 heterocycles. The molecule has 0 saturated carbocycles. The molecule has 0 aromatic heterocycles. The van der Waals surface area contributed by atoms with Crippen molar-refractivity contribution in [1.82, 2.24) is 4.90 Å². The molecule has 0 radical (unpaired) electrons. The van der Waals surface area contributed by atoms with Crippen LogP contribution in [-0.4, -0.2) is 51.4 Å². The number of nitrogens with zero attached hydrogens (tertiary/aromatic N) is 2. The predicted molar refractivity (Wildman–Crippen MR) is 128 cm³/mol. The molecule has 0 aliphatic carbocycles. The summed E-state index contributed by atoms with van der Waals surface area (Å²) < 4.78 is 33.2. The number of hydrogen-bond acceptors (Lipinski definition) is 5. The summed E-state index contributed by atoms with van der Waals surface area (Å²) >= 11 is 6.15. The Hall–Kier alpha value is -3.10. The number of anilines is 1. The Kier molecular flexibility index (Phi) is 7.94. The van der Waals surface area contributed by atoms with Gasteiger partial charge in [-0.3, -0.25) is 9.10 Å². The number of halogens is 1. The second-order valence-electron chi connectivity index (χ2n) is 7.40. The minimum absolute atomic E-state index is 0.0273. The van der Waals surface area contributed by atoms with Gasteiger partial charge in [-0.05, 0) is 42.7 Å². The fourth-order valence-corrected chi connectivity index (χ4v) is 5.35. The maximum Gasteiger partial charge on any atom is 0.340 e. The molecule has 0 bridgehead atoms. The van der Waals surface area contributed by atoms with Crippen molar-refractivity contribution in [2.24, 2.45) is 0 Å². The maximum atomic E-state index is 13.4. The molecule has 0 N–H and O–H groups in total. The van der Waals surface area contributed by atoms with Gasteiger partial charge in [0.15, 0.2) is 6.61 Å². The van der Waals surface area contributed by atoms with Crippen LogP contribution in [0.5, 0.6) is 0 Å². The highest BCUT2D eigenvalue weighted by atomic mass is 35.5. The van der Waals surface area contributed by atoms with Gasteiger partial charge in [-0.15, -0.1) is 13.2 Å². The number of carbonyl (C=O) groups excluding carboxylic acids is 2. The molecule has 7 nitrogen and oxygen atoms in total. The van der Waals surface area contributed by atoms with Gasteiger partial charge in [-0.2, -0.15) is 0 Å². The minimum atomic E-state index is -3.94. The highest BCUT2D eigenvalue weighted by molar-refractivity contribution is 7.92. The number of benzene rings is 2. The molecule has 0 unspecified atom stereocenters. The molecule has 174 valence electrons. The zero-order valence-electron chi connectivity index (χ0n) is 18.1. The number of aryl methyl sites for hydroxylation is 1. The average molecular weight is 489 g/mol. The zero-order chi connectivity index (χ0) is 24.0. The predicted octanol–water partition coefficient (Wildman–Crippen LogP) is 3.84. The van der Waals surface area contributed by atoms with Crippen LogP contribution in [0.25, 0.3) is 0 Å². The van der Waals surface area contributed by atoms with Crippen molar-refractivity contribution in [2.75, 3.05) is 30.5 Å². The normalized spacial score (nSPS) is 13.1. The first kappa shape index (κ1) is 24.5. The van der Waals surface area contributed by atoms with Crippen molar-refractivity contribution in [3.8, 4) is 0 Å². The zero-order valence-corrected chi connectivity index (χ0v) is 19.6. The van der Waals surface area contributed by atoms with Crippen molar-refractivity contribution >= 4 is 39.2 Å². The molecule has 0 atom stereocenters. The van der Waals surface area contributed by atoms with Crippen LogP contribution in [0.15, 0.2) is 72.7 Å². The molecular formula is C24H25ClN2O5S. The van der Waals surface area contributed by atoms with Gasteiger partial charge in [0, 0.05) is 19.6 Å². The van der Waals surface area contributed by atoms with Crippen LogP contribution in [0.4, 0.5) is 5.69 Å². The molecular weight excluding hydrogens is 464 g/mol. The summed E-state index contributed by atoms with van der Waals surface area (Å²) in [5, 5.41) is 0.0273. The number of para-hydroxylation sites is 1. The minimum Gasteiger partial charge on any atom is -0.452 e. The Morgan fingerprint density at radius 2 is 1.82 bits per heavy atom. The van der Waals surface area contributed by atoms with Crippen molar-refractivity contribution in [3.05, 3.63) is 83.9 Å². The number of amides is 1. The van der Waals surface area contributed by atoms with Gasteiger partial charge >= 0.3 is 5.97 Å². The number of hydrogen-bond donors (Lipinski definition) is 0. The summed E-state index contributed by atoms with van der Waals surface area (Å²) in [5.74, 6) is -1.32. The number of rotatable bonds is 9. The molecule has 2 aromatic rings. The monoisotopic (exact) mass is 488 g/mol. The lowest BCUT2D eigenvalue weighted by Crippen LogP contribution is -2.35. The lowest BCUT2D eigenvalue weighted by atomic mass is 10.0. The molecule has 33 heavy (non-hydrogen) atoms. The van der Waals surface area contributed by atoms with Gasteiger partial charge in [0.05, 0.1) is 21.2 Å². The van der Waals surface area contributed by atoms with Crippen LogP contribution in [0.1, 0.15) is 22.3 Å². The Morgan fingerprint density at radius 1 is 1.12 bits per heavy atom. The third kappa shape index (κ3) is 5.46. The molecule has 1 aliphatic rings. The van der Waals surface area contributed by atoms with Gasteiger partial charge in [-0.1, -0.05) is 42.0 Å². The number of carbonyl (C=O) groups is 2. The van der Waals surface area contributed by atoms with Crippen molar-refractivity contribution < 1.29 is 22.7 Å². The van der Waals surface area contributed by atoms with E-state index in [4.69, 9.17) is 16.3 Å². The molecule has 3 rings (SSSR count). The van der Waals surface area contributed by atoms with Crippen molar-refractivity contribution in [3.63, 3.8) is 0 Å². The lowest BCUT2D eigenvalue weighted by molar-refractivity contribution is -0.133. The Balaban J connectivity index is 1.82. The van der Waals surface area contributed by atoms with E-state index in [1.54, 1.807) is 24.3 Å². The quantitative estimate of drug-likeness (QED) is 0.395. The highest BCUT2D eigenvalue weighted by Gasteiger charge is 2.30. The van der Waals surface area contributed by atoms with Gasteiger partial charge in [0.25, 0.3) is 15.9 Å². The van der Waals surface area contributed by atoms with E-state index in [2.05, 4.69) is 13.2 Å². The maximum absolute atomic E-state index is 13.4. The topological polar surface area (TPSA) is 84.0 Å². The van der Waals surface area contributed by atoms with Crippen molar-refractivity contribution in [1.29, 1.82) is 0 Å². The van der Waals surface area contributed by atoms with Crippen LogP contribution >= 0.6 is 11.6 Å². The van der Waals surface area contributed by atoms with E-state index in [0.29, 0.717) is 18.7 Å². The number of sulfonamides is 1. The summed E-state index contributed by atoms with van der Waals surface area (Å²) in [5.41, 5.74) is 1.44. The van der Waals surface area contributed by atoms with E-state index in [1.165, 1.54) is 27.4 Å². The SMILES string of the molecule is C=CCN(CC=C)C(=O)COC(=O)c1cc(S(=O)(=O)N2CCCc3ccccc32)ccc1Cl. The van der Waals surface area contributed by atoms with Crippen LogP contribution in [0.2, 0.25) is 5.02 Å². The Morgan fingerprint density at radius 3 is 2.52 bits per heavy atom. The van der Waals surface area contributed by atoms with E-state index < -0.39 is 28.5 Å². The van der Waals surface area contributed by atoms with Crippen molar-refractivity contribution in [2.45, 2.75) is 17.7 Å². The first-order chi connectivity index (χ1) is 15.8. The van der Waals surface area contributed by atoms with Crippen LogP contribution < -0.4 is 4.31 Å². The summed E-state index contributed by atoms with van der Waals surface area (Å²) in [6.45, 7) is 7.54. The summed E-state index contributed by atoms with van der Waals surface area (Å²) in [6, 6.07) is 11.2. The van der Waals surface area contributed by atoms with Gasteiger partial charge in [-0.25, -0.2) is 13.2 Å². The molecule has 1 amide bonds. The molecule has 0 fully saturated rings. The van der Waals surface area contributed by atoms with E-state index in [9.17, 15) is 18.0 Å². The first-order valence-corrected chi connectivity index (χ1v) is 12.2. The summed E-state index contributed by atoms with van der Waals surface area (Å²) in [4.78, 5) is 26.3. The third-order valence-electron chi connectivity index (χ3n) is 5.19. The number of fused-ring (bicyclic) bond motifs is 1. The van der Waals surface area contributed by atoms with E-state index in [0.717, 1.165) is 12.0 Å². The largest absolute Gasteiger partial charge is 0.452 e. The van der Waals surface area contributed by atoms with E-state index >= 15 is 0 Å².